The first-order valence-corrected chi connectivity index (χ1v) is 18.9. The highest BCUT2D eigenvalue weighted by Gasteiger charge is 2.32. The smallest absolute Gasteiger partial charge is 0.407 e. The van der Waals surface area contributed by atoms with Crippen LogP contribution in [0.15, 0.2) is 65.1 Å². The third-order valence-electron chi connectivity index (χ3n) is 7.77. The van der Waals surface area contributed by atoms with Crippen molar-refractivity contribution >= 4 is 54.1 Å². The number of aromatic nitrogens is 2. The molecule has 47 heavy (non-hydrogen) atoms. The molecular formula is C32H43N7O5S3. The van der Waals surface area contributed by atoms with Crippen LogP contribution in [0.3, 0.4) is 0 Å². The lowest BCUT2D eigenvalue weighted by atomic mass is 10.0. The van der Waals surface area contributed by atoms with Crippen molar-refractivity contribution in [3.8, 4) is 0 Å². The number of benzene rings is 2. The van der Waals surface area contributed by atoms with Gasteiger partial charge in [-0.3, -0.25) is 9.88 Å². The van der Waals surface area contributed by atoms with Crippen molar-refractivity contribution in [1.82, 2.24) is 29.8 Å². The molecule has 254 valence electrons. The molecule has 15 heteroatoms. The molecule has 0 saturated carbocycles. The molecule has 4 aromatic rings. The average molecular weight is 702 g/mol. The fourth-order valence-corrected chi connectivity index (χ4v) is 8.51. The number of alkyl carbamates (subject to hydrolysis) is 1. The van der Waals surface area contributed by atoms with E-state index in [9.17, 15) is 18.3 Å². The number of hydrogen-bond acceptors (Lipinski definition) is 12. The first-order chi connectivity index (χ1) is 22.7. The van der Waals surface area contributed by atoms with Crippen molar-refractivity contribution in [1.29, 1.82) is 0 Å². The van der Waals surface area contributed by atoms with Crippen LogP contribution in [0.2, 0.25) is 0 Å². The van der Waals surface area contributed by atoms with Crippen molar-refractivity contribution in [2.24, 2.45) is 5.92 Å². The van der Waals surface area contributed by atoms with Gasteiger partial charge in [0.2, 0.25) is 10.0 Å². The zero-order valence-corrected chi connectivity index (χ0v) is 29.1. The highest BCUT2D eigenvalue weighted by molar-refractivity contribution is 7.89. The van der Waals surface area contributed by atoms with Crippen molar-refractivity contribution in [3.63, 3.8) is 0 Å². The molecule has 5 rings (SSSR count). The molecule has 2 unspecified atom stereocenters. The van der Waals surface area contributed by atoms with Gasteiger partial charge in [-0.05, 0) is 36.1 Å². The monoisotopic (exact) mass is 701 g/mol. The van der Waals surface area contributed by atoms with E-state index in [0.717, 1.165) is 65.1 Å². The molecule has 2 aromatic heterocycles. The number of aliphatic hydroxyl groups excluding tert-OH is 1. The fraction of sp³-hybridized carbons (Fsp3) is 0.469. The van der Waals surface area contributed by atoms with Crippen LogP contribution >= 0.6 is 22.7 Å². The van der Waals surface area contributed by atoms with E-state index in [1.165, 1.54) is 27.0 Å². The number of amides is 1. The fourth-order valence-electron chi connectivity index (χ4n) is 5.35. The van der Waals surface area contributed by atoms with Gasteiger partial charge in [-0.15, -0.1) is 11.3 Å². The molecule has 0 radical (unpaired) electrons. The predicted octanol–water partition coefficient (Wildman–Crippen LogP) is 3.62. The average Bonchev–Trinajstić information content (AvgIpc) is 3.73. The Bertz CT molecular complexity index is 1660. The van der Waals surface area contributed by atoms with Gasteiger partial charge in [-0.1, -0.05) is 55.5 Å². The number of piperazine rings is 1. The van der Waals surface area contributed by atoms with Crippen molar-refractivity contribution in [3.05, 3.63) is 70.7 Å². The summed E-state index contributed by atoms with van der Waals surface area (Å²) in [4.78, 5) is 24.7. The number of thiazole rings is 2. The highest BCUT2D eigenvalue weighted by atomic mass is 32.2. The van der Waals surface area contributed by atoms with Gasteiger partial charge in [-0.25, -0.2) is 18.2 Å². The molecular weight excluding hydrogens is 659 g/mol. The Morgan fingerprint density at radius 3 is 2.66 bits per heavy atom. The minimum atomic E-state index is -4.01. The third kappa shape index (κ3) is 10.2. The van der Waals surface area contributed by atoms with Gasteiger partial charge >= 0.3 is 6.09 Å². The van der Waals surface area contributed by atoms with Crippen LogP contribution in [0, 0.1) is 5.92 Å². The first-order valence-electron chi connectivity index (χ1n) is 15.8. The maximum absolute atomic E-state index is 14.1. The Labute approximate surface area is 284 Å². The van der Waals surface area contributed by atoms with E-state index in [2.05, 4.69) is 30.8 Å². The second-order valence-electron chi connectivity index (χ2n) is 11.9. The van der Waals surface area contributed by atoms with Gasteiger partial charge in [0, 0.05) is 58.6 Å². The normalized spacial score (nSPS) is 15.6. The van der Waals surface area contributed by atoms with Crippen LogP contribution in [-0.4, -0.2) is 103 Å². The lowest BCUT2D eigenvalue weighted by Gasteiger charge is -2.30. The van der Waals surface area contributed by atoms with E-state index < -0.39 is 28.3 Å². The lowest BCUT2D eigenvalue weighted by molar-refractivity contribution is 0.0876. The Morgan fingerprint density at radius 2 is 1.94 bits per heavy atom. The van der Waals surface area contributed by atoms with Gasteiger partial charge in [0.1, 0.15) is 6.61 Å². The standard InChI is InChI=1S/C32H43N7O5S3/c1-23(2)19-39(20-29(40)28(16-24-6-4-3-5-7-24)37-32(41)44-21-25-18-34-22-45-25)47(42,43)26-8-9-27-30(17-26)46-31(36-27)35-12-15-38-13-10-33-11-14-38/h3-9,17-18,22-23,28-29,33,40H,10-16,19-21H2,1-2H3,(H,35,36)(H,37,41). The number of hydrogen-bond donors (Lipinski definition) is 4. The molecule has 2 aromatic carbocycles. The molecule has 0 spiro atoms. The lowest BCUT2D eigenvalue weighted by Crippen LogP contribution is -2.51. The maximum Gasteiger partial charge on any atom is 0.407 e. The number of rotatable bonds is 16. The zero-order valence-electron chi connectivity index (χ0n) is 26.7. The number of aliphatic hydroxyl groups is 1. The topological polar surface area (TPSA) is 149 Å². The number of carbonyl (C=O) groups excluding carboxylic acids is 1. The molecule has 0 bridgehead atoms. The third-order valence-corrected chi connectivity index (χ3v) is 11.3. The molecule has 1 aliphatic heterocycles. The number of nitrogens with zero attached hydrogens (tertiary/aromatic N) is 4. The SMILES string of the molecule is CC(C)CN(CC(O)C(Cc1ccccc1)NC(=O)OCc1cncs1)S(=O)(=O)c1ccc2nc(NCCN3CCNCC3)sc2c1. The Kier molecular flexibility index (Phi) is 12.5. The summed E-state index contributed by atoms with van der Waals surface area (Å²) in [5, 5.41) is 21.8. The van der Waals surface area contributed by atoms with E-state index in [4.69, 9.17) is 4.74 Å². The molecule has 0 aliphatic carbocycles. The van der Waals surface area contributed by atoms with Crippen LogP contribution in [0.4, 0.5) is 9.93 Å². The molecule has 2 atom stereocenters. The molecule has 3 heterocycles. The molecule has 1 aliphatic rings. The Hall–Kier alpha value is -3.18. The molecule has 1 saturated heterocycles. The quantitative estimate of drug-likeness (QED) is 0.137. The van der Waals surface area contributed by atoms with E-state index in [-0.39, 0.29) is 36.9 Å². The maximum atomic E-state index is 14.1. The van der Waals surface area contributed by atoms with Crippen LogP contribution in [-0.2, 0) is 27.8 Å². The Morgan fingerprint density at radius 1 is 1.15 bits per heavy atom. The molecule has 4 N–H and O–H groups in total. The summed E-state index contributed by atoms with van der Waals surface area (Å²) in [6.07, 6.45) is -0.0222. The highest BCUT2D eigenvalue weighted by Crippen LogP contribution is 2.30. The number of sulfonamides is 1. The predicted molar refractivity (Wildman–Crippen MR) is 186 cm³/mol. The van der Waals surface area contributed by atoms with Gasteiger partial charge in [0.25, 0.3) is 0 Å². The second kappa shape index (κ2) is 16.8. The van der Waals surface area contributed by atoms with E-state index >= 15 is 0 Å². The second-order valence-corrected chi connectivity index (χ2v) is 15.9. The van der Waals surface area contributed by atoms with E-state index in [1.54, 1.807) is 29.9 Å². The summed E-state index contributed by atoms with van der Waals surface area (Å²) < 4.78 is 35.6. The van der Waals surface area contributed by atoms with Gasteiger partial charge in [0.15, 0.2) is 5.13 Å². The number of fused-ring (bicyclic) bond motifs is 1. The van der Waals surface area contributed by atoms with Crippen molar-refractivity contribution in [2.75, 3.05) is 57.7 Å². The van der Waals surface area contributed by atoms with Gasteiger partial charge < -0.3 is 25.8 Å². The summed E-state index contributed by atoms with van der Waals surface area (Å²) in [7, 11) is -4.01. The summed E-state index contributed by atoms with van der Waals surface area (Å²) >= 11 is 2.79. The van der Waals surface area contributed by atoms with Crippen molar-refractivity contribution in [2.45, 2.75) is 43.9 Å². The van der Waals surface area contributed by atoms with Crippen LogP contribution < -0.4 is 16.0 Å². The minimum Gasteiger partial charge on any atom is -0.444 e. The van der Waals surface area contributed by atoms with Crippen LogP contribution in [0.25, 0.3) is 10.2 Å². The summed E-state index contributed by atoms with van der Waals surface area (Å²) in [5.41, 5.74) is 3.25. The number of anilines is 1. The summed E-state index contributed by atoms with van der Waals surface area (Å²) in [5.74, 6) is -0.0134. The van der Waals surface area contributed by atoms with Crippen molar-refractivity contribution < 1.29 is 23.1 Å². The number of nitrogens with one attached hydrogen (secondary N) is 3. The summed E-state index contributed by atoms with van der Waals surface area (Å²) in [6.45, 7) is 9.56. The number of carbonyl (C=O) groups is 1. The first kappa shape index (κ1) is 35.1. The molecule has 1 amide bonds. The van der Waals surface area contributed by atoms with E-state index in [0.29, 0.717) is 0 Å². The molecule has 12 nitrogen and oxygen atoms in total. The minimum absolute atomic E-state index is 0.0134. The largest absolute Gasteiger partial charge is 0.444 e. The zero-order chi connectivity index (χ0) is 33.2. The van der Waals surface area contributed by atoms with Gasteiger partial charge in [-0.2, -0.15) is 4.31 Å². The van der Waals surface area contributed by atoms with Crippen LogP contribution in [0.1, 0.15) is 24.3 Å². The van der Waals surface area contributed by atoms with Crippen LogP contribution in [0.5, 0.6) is 0 Å². The van der Waals surface area contributed by atoms with E-state index in [1.807, 2.05) is 44.2 Å². The Balaban J connectivity index is 1.29. The summed E-state index contributed by atoms with van der Waals surface area (Å²) in [6, 6.07) is 13.6. The number of ether oxygens (including phenoxy) is 1. The molecule has 1 fully saturated rings. The van der Waals surface area contributed by atoms with Gasteiger partial charge in [0.05, 0.1) is 37.6 Å².